The van der Waals surface area contributed by atoms with Crippen LogP contribution in [0.4, 0.5) is 5.00 Å². The Hall–Kier alpha value is -2.23. The Labute approximate surface area is 174 Å². The molecule has 1 saturated heterocycles. The second-order valence-corrected chi connectivity index (χ2v) is 9.81. The number of hydrogen-bond acceptors (Lipinski definition) is 6. The molecule has 1 aromatic carbocycles. The van der Waals surface area contributed by atoms with Gasteiger partial charge in [-0.15, -0.1) is 11.3 Å². The van der Waals surface area contributed by atoms with Crippen LogP contribution in [0, 0.1) is 12.8 Å². The number of ether oxygens (including phenoxy) is 1. The van der Waals surface area contributed by atoms with Crippen molar-refractivity contribution in [3.05, 3.63) is 46.8 Å². The minimum absolute atomic E-state index is 0.154. The number of hydrogen-bond donors (Lipinski definition) is 1. The topological polar surface area (TPSA) is 92.8 Å². The van der Waals surface area contributed by atoms with Crippen molar-refractivity contribution in [1.29, 1.82) is 0 Å². The van der Waals surface area contributed by atoms with Gasteiger partial charge in [0.25, 0.3) is 0 Å². The van der Waals surface area contributed by atoms with Crippen LogP contribution in [0.15, 0.2) is 41.3 Å². The van der Waals surface area contributed by atoms with Crippen LogP contribution in [0.2, 0.25) is 0 Å². The molecule has 0 unspecified atom stereocenters. The van der Waals surface area contributed by atoms with Gasteiger partial charge in [-0.2, -0.15) is 4.31 Å². The molecule has 1 aromatic heterocycles. The first-order valence-corrected chi connectivity index (χ1v) is 11.7. The number of esters is 1. The monoisotopic (exact) mass is 436 g/mol. The number of carbonyl (C=O) groups is 2. The van der Waals surface area contributed by atoms with Gasteiger partial charge in [-0.3, -0.25) is 4.79 Å². The van der Waals surface area contributed by atoms with Gasteiger partial charge in [0.05, 0.1) is 16.5 Å². The summed E-state index contributed by atoms with van der Waals surface area (Å²) in [4.78, 5) is 25.3. The number of nitrogens with zero attached hydrogens (tertiary/aromatic N) is 1. The SMILES string of the molecule is CCOC(=O)c1sc(NC(=O)C2CCN(S(=O)(=O)c3ccccc3)CC2)cc1C. The van der Waals surface area contributed by atoms with Crippen molar-refractivity contribution in [1.82, 2.24) is 4.31 Å². The zero-order chi connectivity index (χ0) is 21.0. The second-order valence-electron chi connectivity index (χ2n) is 6.82. The van der Waals surface area contributed by atoms with E-state index in [4.69, 9.17) is 4.74 Å². The summed E-state index contributed by atoms with van der Waals surface area (Å²) >= 11 is 1.19. The number of carbonyl (C=O) groups excluding carboxylic acids is 2. The number of aryl methyl sites for hydroxylation is 1. The van der Waals surface area contributed by atoms with Crippen LogP contribution in [-0.2, 0) is 19.6 Å². The van der Waals surface area contributed by atoms with Gasteiger partial charge in [-0.05, 0) is 50.5 Å². The Morgan fingerprint density at radius 2 is 1.86 bits per heavy atom. The van der Waals surface area contributed by atoms with E-state index in [1.54, 1.807) is 50.2 Å². The summed E-state index contributed by atoms with van der Waals surface area (Å²) in [5, 5.41) is 3.45. The fraction of sp³-hybridized carbons (Fsp3) is 0.400. The van der Waals surface area contributed by atoms with Gasteiger partial charge in [0.15, 0.2) is 0 Å². The smallest absolute Gasteiger partial charge is 0.348 e. The zero-order valence-electron chi connectivity index (χ0n) is 16.4. The third-order valence-corrected chi connectivity index (χ3v) is 7.88. The van der Waals surface area contributed by atoms with Crippen molar-refractivity contribution < 1.29 is 22.7 Å². The number of anilines is 1. The molecule has 156 valence electrons. The Morgan fingerprint density at radius 1 is 1.21 bits per heavy atom. The van der Waals surface area contributed by atoms with Crippen LogP contribution in [0.1, 0.15) is 35.0 Å². The van der Waals surface area contributed by atoms with Crippen LogP contribution in [0.25, 0.3) is 0 Å². The second kappa shape index (κ2) is 9.06. The summed E-state index contributed by atoms with van der Waals surface area (Å²) in [6.45, 7) is 4.43. The highest BCUT2D eigenvalue weighted by atomic mass is 32.2. The molecule has 9 heteroatoms. The maximum absolute atomic E-state index is 12.7. The molecule has 2 heterocycles. The van der Waals surface area contributed by atoms with Crippen molar-refractivity contribution in [2.45, 2.75) is 31.6 Å². The van der Waals surface area contributed by atoms with E-state index in [-0.39, 0.29) is 16.7 Å². The number of thiophene rings is 1. The van der Waals surface area contributed by atoms with Gasteiger partial charge in [-0.1, -0.05) is 18.2 Å². The number of amides is 1. The van der Waals surface area contributed by atoms with E-state index in [9.17, 15) is 18.0 Å². The summed E-state index contributed by atoms with van der Waals surface area (Å²) in [6, 6.07) is 10.1. The van der Waals surface area contributed by atoms with Crippen molar-refractivity contribution in [3.8, 4) is 0 Å². The highest BCUT2D eigenvalue weighted by Gasteiger charge is 2.32. The average molecular weight is 437 g/mol. The standard InChI is InChI=1S/C20H24N2O5S2/c1-3-27-20(24)18-14(2)13-17(28-18)21-19(23)15-9-11-22(12-10-15)29(25,26)16-7-5-4-6-8-16/h4-8,13,15H,3,9-12H2,1-2H3,(H,21,23). The minimum atomic E-state index is -3.54. The van der Waals surface area contributed by atoms with Gasteiger partial charge in [0, 0.05) is 19.0 Å². The fourth-order valence-corrected chi connectivity index (χ4v) is 5.73. The largest absolute Gasteiger partial charge is 0.462 e. The number of sulfonamides is 1. The molecule has 2 aromatic rings. The molecular formula is C20H24N2O5S2. The first-order chi connectivity index (χ1) is 13.8. The van der Waals surface area contributed by atoms with E-state index < -0.39 is 16.0 Å². The molecule has 0 radical (unpaired) electrons. The first kappa shape index (κ1) is 21.5. The zero-order valence-corrected chi connectivity index (χ0v) is 18.0. The Bertz CT molecular complexity index is 978. The van der Waals surface area contributed by atoms with E-state index in [0.29, 0.717) is 42.4 Å². The summed E-state index contributed by atoms with van der Waals surface area (Å²) in [5.74, 6) is -0.820. The van der Waals surface area contributed by atoms with Crippen molar-refractivity contribution >= 4 is 38.2 Å². The van der Waals surface area contributed by atoms with E-state index in [0.717, 1.165) is 5.56 Å². The number of benzene rings is 1. The predicted octanol–water partition coefficient (Wildman–Crippen LogP) is 3.27. The van der Waals surface area contributed by atoms with E-state index in [2.05, 4.69) is 5.32 Å². The normalized spacial score (nSPS) is 15.8. The third kappa shape index (κ3) is 4.85. The lowest BCUT2D eigenvalue weighted by Crippen LogP contribution is -2.41. The highest BCUT2D eigenvalue weighted by Crippen LogP contribution is 2.29. The van der Waals surface area contributed by atoms with Gasteiger partial charge < -0.3 is 10.1 Å². The molecule has 0 bridgehead atoms. The minimum Gasteiger partial charge on any atom is -0.462 e. The van der Waals surface area contributed by atoms with Crippen LogP contribution in [-0.4, -0.2) is 44.3 Å². The van der Waals surface area contributed by atoms with Crippen LogP contribution in [0.3, 0.4) is 0 Å². The average Bonchev–Trinajstić information content (AvgIpc) is 3.09. The summed E-state index contributed by atoms with van der Waals surface area (Å²) < 4.78 is 31.8. The molecule has 3 rings (SSSR count). The number of nitrogens with one attached hydrogen (secondary N) is 1. The summed E-state index contributed by atoms with van der Waals surface area (Å²) in [6.07, 6.45) is 0.903. The van der Waals surface area contributed by atoms with Crippen LogP contribution < -0.4 is 5.32 Å². The molecule has 7 nitrogen and oxygen atoms in total. The molecule has 1 aliphatic heterocycles. The third-order valence-electron chi connectivity index (χ3n) is 4.83. The van der Waals surface area contributed by atoms with Gasteiger partial charge in [-0.25, -0.2) is 13.2 Å². The fourth-order valence-electron chi connectivity index (χ4n) is 3.27. The highest BCUT2D eigenvalue weighted by molar-refractivity contribution is 7.89. The molecule has 0 aliphatic carbocycles. The molecule has 0 atom stereocenters. The molecular weight excluding hydrogens is 412 g/mol. The first-order valence-electron chi connectivity index (χ1n) is 9.46. The van der Waals surface area contributed by atoms with E-state index in [1.807, 2.05) is 0 Å². The lowest BCUT2D eigenvalue weighted by molar-refractivity contribution is -0.120. The summed E-state index contributed by atoms with van der Waals surface area (Å²) in [5.41, 5.74) is 0.757. The molecule has 1 fully saturated rings. The molecule has 1 N–H and O–H groups in total. The van der Waals surface area contributed by atoms with E-state index in [1.165, 1.54) is 15.6 Å². The lowest BCUT2D eigenvalue weighted by atomic mass is 9.97. The number of piperidine rings is 1. The maximum atomic E-state index is 12.7. The maximum Gasteiger partial charge on any atom is 0.348 e. The quantitative estimate of drug-likeness (QED) is 0.702. The number of rotatable bonds is 6. The molecule has 0 saturated carbocycles. The summed E-state index contributed by atoms with van der Waals surface area (Å²) in [7, 11) is -3.54. The molecule has 1 aliphatic rings. The Balaban J connectivity index is 1.60. The van der Waals surface area contributed by atoms with Gasteiger partial charge in [0.2, 0.25) is 15.9 Å². The van der Waals surface area contributed by atoms with E-state index >= 15 is 0 Å². The van der Waals surface area contributed by atoms with Crippen molar-refractivity contribution in [2.75, 3.05) is 25.0 Å². The van der Waals surface area contributed by atoms with Crippen LogP contribution in [0.5, 0.6) is 0 Å². The van der Waals surface area contributed by atoms with Crippen LogP contribution >= 0.6 is 11.3 Å². The Kier molecular flexibility index (Phi) is 6.71. The van der Waals surface area contributed by atoms with Gasteiger partial charge >= 0.3 is 5.97 Å². The van der Waals surface area contributed by atoms with Gasteiger partial charge in [0.1, 0.15) is 4.88 Å². The van der Waals surface area contributed by atoms with Crippen molar-refractivity contribution in [3.63, 3.8) is 0 Å². The van der Waals surface area contributed by atoms with Crippen molar-refractivity contribution in [2.24, 2.45) is 5.92 Å². The molecule has 0 spiro atoms. The lowest BCUT2D eigenvalue weighted by Gasteiger charge is -2.30. The Morgan fingerprint density at radius 3 is 2.48 bits per heavy atom. The predicted molar refractivity (Wildman–Crippen MR) is 112 cm³/mol. The molecule has 29 heavy (non-hydrogen) atoms. The molecule has 1 amide bonds.